The van der Waals surface area contributed by atoms with Crippen molar-refractivity contribution in [3.05, 3.63) is 194 Å². The van der Waals surface area contributed by atoms with Gasteiger partial charge in [-0.25, -0.2) is 9.97 Å². The summed E-state index contributed by atoms with van der Waals surface area (Å²) in [5, 5.41) is 4.63. The van der Waals surface area contributed by atoms with E-state index in [9.17, 15) is 0 Å². The Kier molecular flexibility index (Phi) is 7.68. The number of hydrogen-bond donors (Lipinski definition) is 0. The Morgan fingerprint density at radius 1 is 0.357 bits per heavy atom. The molecule has 3 nitrogen and oxygen atoms in total. The molecule has 3 aromatic heterocycles. The SMILES string of the molecule is c1ccc(-c2ccc(-c3ccc4oc5cccc(-c6nc(-c7ccccc7)cc(-c7cccc(-c8cccc9c8sc8ccccc89)c7)n6)c5c4c3)cc2)cc1. The fraction of sp³-hybridized carbons (Fsp3) is 0. The molecule has 0 fully saturated rings. The number of thiophene rings is 1. The van der Waals surface area contributed by atoms with E-state index in [-0.39, 0.29) is 0 Å². The van der Waals surface area contributed by atoms with Crippen molar-refractivity contribution in [1.82, 2.24) is 9.97 Å². The second-order valence-corrected chi connectivity index (χ2v) is 15.2. The number of fused-ring (bicyclic) bond motifs is 6. The van der Waals surface area contributed by atoms with Gasteiger partial charge in [0.2, 0.25) is 0 Å². The maximum absolute atomic E-state index is 6.48. The van der Waals surface area contributed by atoms with Gasteiger partial charge < -0.3 is 4.42 Å². The number of benzene rings is 8. The van der Waals surface area contributed by atoms with Crippen LogP contribution in [0.2, 0.25) is 0 Å². The molecule has 0 unspecified atom stereocenters. The Morgan fingerprint density at radius 3 is 1.77 bits per heavy atom. The zero-order valence-corrected chi connectivity index (χ0v) is 31.0. The molecule has 0 saturated carbocycles. The predicted molar refractivity (Wildman–Crippen MR) is 235 cm³/mol. The molecule has 0 N–H and O–H groups in total. The lowest BCUT2D eigenvalue weighted by atomic mass is 9.98. The van der Waals surface area contributed by atoms with Gasteiger partial charge in [-0.1, -0.05) is 158 Å². The largest absolute Gasteiger partial charge is 0.456 e. The number of hydrogen-bond acceptors (Lipinski definition) is 4. The normalized spacial score (nSPS) is 11.6. The van der Waals surface area contributed by atoms with Crippen LogP contribution >= 0.6 is 11.3 Å². The van der Waals surface area contributed by atoms with Crippen LogP contribution in [0.5, 0.6) is 0 Å². The van der Waals surface area contributed by atoms with Crippen molar-refractivity contribution < 1.29 is 4.42 Å². The van der Waals surface area contributed by atoms with Gasteiger partial charge in [0.05, 0.1) is 11.4 Å². The van der Waals surface area contributed by atoms with Crippen LogP contribution < -0.4 is 0 Å². The summed E-state index contributed by atoms with van der Waals surface area (Å²) in [6, 6.07) is 68.4. The van der Waals surface area contributed by atoms with Gasteiger partial charge in [0.1, 0.15) is 11.2 Å². The smallest absolute Gasteiger partial charge is 0.161 e. The topological polar surface area (TPSA) is 38.9 Å². The van der Waals surface area contributed by atoms with Crippen molar-refractivity contribution in [1.29, 1.82) is 0 Å². The monoisotopic (exact) mass is 732 g/mol. The molecule has 0 spiro atoms. The minimum Gasteiger partial charge on any atom is -0.456 e. The second-order valence-electron chi connectivity index (χ2n) is 14.1. The highest BCUT2D eigenvalue weighted by atomic mass is 32.1. The van der Waals surface area contributed by atoms with Crippen molar-refractivity contribution in [3.63, 3.8) is 0 Å². The third kappa shape index (κ3) is 5.58. The van der Waals surface area contributed by atoms with Crippen LogP contribution in [0.25, 0.3) is 109 Å². The van der Waals surface area contributed by atoms with E-state index in [1.54, 1.807) is 0 Å². The van der Waals surface area contributed by atoms with Gasteiger partial charge in [-0.3, -0.25) is 0 Å². The molecule has 0 atom stereocenters. The van der Waals surface area contributed by atoms with Gasteiger partial charge in [0.15, 0.2) is 5.82 Å². The highest BCUT2D eigenvalue weighted by molar-refractivity contribution is 7.26. The van der Waals surface area contributed by atoms with Gasteiger partial charge in [0.25, 0.3) is 0 Å². The number of rotatable bonds is 6. The highest BCUT2D eigenvalue weighted by Crippen LogP contribution is 2.42. The van der Waals surface area contributed by atoms with Crippen LogP contribution in [0.4, 0.5) is 0 Å². The summed E-state index contributed by atoms with van der Waals surface area (Å²) in [5.74, 6) is 0.657. The van der Waals surface area contributed by atoms with Crippen LogP contribution in [0.3, 0.4) is 0 Å². The molecule has 0 amide bonds. The minimum absolute atomic E-state index is 0.657. The second kappa shape index (κ2) is 13.3. The molecule has 0 aliphatic heterocycles. The van der Waals surface area contributed by atoms with E-state index in [4.69, 9.17) is 14.4 Å². The predicted octanol–water partition coefficient (Wildman–Crippen LogP) is 14.7. The van der Waals surface area contributed by atoms with E-state index in [1.807, 2.05) is 35.6 Å². The molecular weight excluding hydrogens is 701 g/mol. The minimum atomic E-state index is 0.657. The summed E-state index contributed by atoms with van der Waals surface area (Å²) in [6.07, 6.45) is 0. The van der Waals surface area contributed by atoms with E-state index >= 15 is 0 Å². The van der Waals surface area contributed by atoms with Gasteiger partial charge in [-0.15, -0.1) is 11.3 Å². The van der Waals surface area contributed by atoms with E-state index in [0.717, 1.165) is 66.7 Å². The van der Waals surface area contributed by atoms with Crippen LogP contribution in [0.1, 0.15) is 0 Å². The first-order valence-corrected chi connectivity index (χ1v) is 19.6. The third-order valence-corrected chi connectivity index (χ3v) is 12.0. The van der Waals surface area contributed by atoms with Gasteiger partial charge >= 0.3 is 0 Å². The molecule has 262 valence electrons. The summed E-state index contributed by atoms with van der Waals surface area (Å²) < 4.78 is 9.07. The van der Waals surface area contributed by atoms with Crippen molar-refractivity contribution in [2.24, 2.45) is 0 Å². The first-order chi connectivity index (χ1) is 27.7. The number of nitrogens with zero attached hydrogens (tertiary/aromatic N) is 2. The molecule has 11 rings (SSSR count). The van der Waals surface area contributed by atoms with E-state index in [2.05, 4.69) is 170 Å². The molecule has 0 saturated heterocycles. The van der Waals surface area contributed by atoms with Crippen LogP contribution in [0, 0.1) is 0 Å². The van der Waals surface area contributed by atoms with E-state index in [1.165, 1.54) is 36.9 Å². The average molecular weight is 733 g/mol. The third-order valence-electron chi connectivity index (χ3n) is 10.7. The van der Waals surface area contributed by atoms with Crippen LogP contribution in [-0.2, 0) is 0 Å². The molecule has 0 bridgehead atoms. The Bertz CT molecular complexity index is 3240. The zero-order chi connectivity index (χ0) is 37.0. The molecule has 4 heteroatoms. The zero-order valence-electron chi connectivity index (χ0n) is 30.2. The molecule has 56 heavy (non-hydrogen) atoms. The quantitative estimate of drug-likeness (QED) is 0.171. The van der Waals surface area contributed by atoms with Crippen LogP contribution in [-0.4, -0.2) is 9.97 Å². The summed E-state index contributed by atoms with van der Waals surface area (Å²) in [7, 11) is 0. The molecule has 8 aromatic carbocycles. The van der Waals surface area contributed by atoms with Crippen molar-refractivity contribution in [3.8, 4) is 67.3 Å². The number of aromatic nitrogens is 2. The van der Waals surface area contributed by atoms with Gasteiger partial charge in [0, 0.05) is 47.6 Å². The van der Waals surface area contributed by atoms with Gasteiger partial charge in [-0.2, -0.15) is 0 Å². The first-order valence-electron chi connectivity index (χ1n) is 18.8. The summed E-state index contributed by atoms with van der Waals surface area (Å²) in [6.45, 7) is 0. The number of furan rings is 1. The summed E-state index contributed by atoms with van der Waals surface area (Å²) in [4.78, 5) is 10.6. The molecule has 0 radical (unpaired) electrons. The molecule has 0 aliphatic rings. The standard InChI is InChI=1S/C52H32N2OS/c1-3-12-33(13-4-1)34-24-26-35(27-25-34)37-28-29-47-44(31-37)50-43(21-11-22-48(50)55-47)52-53-45(36-14-5-2-6-15-36)32-46(54-52)39-17-9-16-38(30-39)40-19-10-20-42-41-18-7-8-23-49(41)56-51(40)42/h1-32H. The van der Waals surface area contributed by atoms with Crippen molar-refractivity contribution in [2.75, 3.05) is 0 Å². The summed E-state index contributed by atoms with van der Waals surface area (Å²) in [5.41, 5.74) is 13.4. The molecule has 3 heterocycles. The van der Waals surface area contributed by atoms with E-state index < -0.39 is 0 Å². The lowest BCUT2D eigenvalue weighted by Gasteiger charge is -2.12. The lowest BCUT2D eigenvalue weighted by molar-refractivity contribution is 0.669. The average Bonchev–Trinajstić information content (AvgIpc) is 3.85. The Labute approximate surface area is 327 Å². The fourth-order valence-corrected chi connectivity index (χ4v) is 9.21. The molecule has 11 aromatic rings. The first kappa shape index (κ1) is 32.3. The lowest BCUT2D eigenvalue weighted by Crippen LogP contribution is -1.96. The van der Waals surface area contributed by atoms with Crippen molar-refractivity contribution >= 4 is 53.4 Å². The van der Waals surface area contributed by atoms with Crippen LogP contribution in [0.15, 0.2) is 199 Å². The Morgan fingerprint density at radius 2 is 0.946 bits per heavy atom. The van der Waals surface area contributed by atoms with E-state index in [0.29, 0.717) is 5.82 Å². The highest BCUT2D eigenvalue weighted by Gasteiger charge is 2.18. The Hall–Kier alpha value is -7.14. The maximum atomic E-state index is 6.48. The molecule has 0 aliphatic carbocycles. The summed E-state index contributed by atoms with van der Waals surface area (Å²) >= 11 is 1.85. The maximum Gasteiger partial charge on any atom is 0.161 e. The Balaban J connectivity index is 1.06. The van der Waals surface area contributed by atoms with Gasteiger partial charge in [-0.05, 0) is 69.8 Å². The molecular formula is C52H32N2OS. The fourth-order valence-electron chi connectivity index (χ4n) is 7.97. The van der Waals surface area contributed by atoms with Crippen molar-refractivity contribution in [2.45, 2.75) is 0 Å².